The van der Waals surface area contributed by atoms with Crippen molar-refractivity contribution in [3.05, 3.63) is 6.92 Å². The van der Waals surface area contributed by atoms with Gasteiger partial charge in [0.2, 0.25) is 0 Å². The Morgan fingerprint density at radius 3 is 2.40 bits per heavy atom. The molecule has 1 saturated heterocycles. The second-order valence-corrected chi connectivity index (χ2v) is 3.02. The number of rotatable bonds is 2. The molecule has 0 aromatic carbocycles. The van der Waals surface area contributed by atoms with Gasteiger partial charge in [0.15, 0.2) is 0 Å². The molecule has 1 rings (SSSR count). The van der Waals surface area contributed by atoms with Crippen molar-refractivity contribution < 1.29 is 5.11 Å². The number of nitrogens with zero attached hydrogens (tertiary/aromatic N) is 1. The third-order valence-electron chi connectivity index (χ3n) is 1.92. The molecule has 0 aromatic rings. The van der Waals surface area contributed by atoms with Crippen LogP contribution < -0.4 is 0 Å². The van der Waals surface area contributed by atoms with Crippen LogP contribution in [0.4, 0.5) is 0 Å². The van der Waals surface area contributed by atoms with Crippen LogP contribution in [0.25, 0.3) is 0 Å². The van der Waals surface area contributed by atoms with Gasteiger partial charge in [-0.3, -0.25) is 0 Å². The van der Waals surface area contributed by atoms with E-state index in [1.807, 2.05) is 0 Å². The standard InChI is InChI=1S/C8H16NO/c1-8(10)7-9-5-3-2-4-6-9/h8,10H,1-7H2. The number of piperidine rings is 1. The minimum absolute atomic E-state index is 0.405. The molecular weight excluding hydrogens is 126 g/mol. The Morgan fingerprint density at radius 1 is 1.30 bits per heavy atom. The first-order chi connectivity index (χ1) is 4.79. The molecule has 1 unspecified atom stereocenters. The molecule has 1 aliphatic rings. The van der Waals surface area contributed by atoms with Gasteiger partial charge in [-0.25, -0.2) is 0 Å². The van der Waals surface area contributed by atoms with E-state index in [1.54, 1.807) is 0 Å². The summed E-state index contributed by atoms with van der Waals surface area (Å²) < 4.78 is 0. The second-order valence-electron chi connectivity index (χ2n) is 3.02. The summed E-state index contributed by atoms with van der Waals surface area (Å²) in [6.45, 7) is 6.59. The van der Waals surface area contributed by atoms with Crippen LogP contribution >= 0.6 is 0 Å². The van der Waals surface area contributed by atoms with Crippen molar-refractivity contribution in [1.82, 2.24) is 4.90 Å². The molecule has 0 amide bonds. The molecule has 0 saturated carbocycles. The van der Waals surface area contributed by atoms with E-state index in [0.717, 1.165) is 19.6 Å². The van der Waals surface area contributed by atoms with E-state index in [1.165, 1.54) is 19.3 Å². The average Bonchev–Trinajstić information content (AvgIpc) is 1.88. The molecule has 0 aliphatic carbocycles. The molecule has 1 radical (unpaired) electrons. The van der Waals surface area contributed by atoms with Crippen molar-refractivity contribution in [1.29, 1.82) is 0 Å². The molecule has 0 spiro atoms. The van der Waals surface area contributed by atoms with Gasteiger partial charge < -0.3 is 10.0 Å². The fourth-order valence-electron chi connectivity index (χ4n) is 1.44. The summed E-state index contributed by atoms with van der Waals surface area (Å²) >= 11 is 0. The summed E-state index contributed by atoms with van der Waals surface area (Å²) in [6.07, 6.45) is 3.52. The lowest BCUT2D eigenvalue weighted by atomic mass is 10.1. The molecule has 1 atom stereocenters. The zero-order chi connectivity index (χ0) is 7.40. The van der Waals surface area contributed by atoms with Crippen LogP contribution in [0.1, 0.15) is 19.3 Å². The third kappa shape index (κ3) is 2.67. The van der Waals surface area contributed by atoms with E-state index < -0.39 is 6.10 Å². The molecule has 1 heterocycles. The molecule has 0 aromatic heterocycles. The van der Waals surface area contributed by atoms with Gasteiger partial charge in [0, 0.05) is 6.54 Å². The number of aliphatic hydroxyl groups excluding tert-OH is 1. The Balaban J connectivity index is 2.13. The largest absolute Gasteiger partial charge is 0.392 e. The first-order valence-corrected chi connectivity index (χ1v) is 4.02. The van der Waals surface area contributed by atoms with Gasteiger partial charge in [0.25, 0.3) is 0 Å². The molecule has 1 aliphatic heterocycles. The SMILES string of the molecule is [CH2]C(O)CN1CCCCC1. The van der Waals surface area contributed by atoms with Crippen LogP contribution in [0.15, 0.2) is 0 Å². The number of likely N-dealkylation sites (tertiary alicyclic amines) is 1. The average molecular weight is 142 g/mol. The van der Waals surface area contributed by atoms with Crippen LogP contribution in [0, 0.1) is 6.92 Å². The smallest absolute Gasteiger partial charge is 0.0668 e. The summed E-state index contributed by atoms with van der Waals surface area (Å²) in [4.78, 5) is 2.28. The summed E-state index contributed by atoms with van der Waals surface area (Å²) in [5.74, 6) is 0. The maximum atomic E-state index is 8.95. The van der Waals surface area contributed by atoms with Crippen molar-refractivity contribution in [3.63, 3.8) is 0 Å². The van der Waals surface area contributed by atoms with E-state index in [-0.39, 0.29) is 0 Å². The van der Waals surface area contributed by atoms with Crippen molar-refractivity contribution in [3.8, 4) is 0 Å². The van der Waals surface area contributed by atoms with Gasteiger partial charge in [-0.1, -0.05) is 6.42 Å². The Bertz CT molecular complexity index is 87.3. The number of aliphatic hydroxyl groups is 1. The van der Waals surface area contributed by atoms with Crippen LogP contribution in [0.5, 0.6) is 0 Å². The molecule has 2 nitrogen and oxygen atoms in total. The summed E-state index contributed by atoms with van der Waals surface area (Å²) in [5, 5.41) is 8.95. The molecule has 59 valence electrons. The highest BCUT2D eigenvalue weighted by Gasteiger charge is 2.10. The predicted octanol–water partition coefficient (Wildman–Crippen LogP) is 0.667. The van der Waals surface area contributed by atoms with Crippen LogP contribution in [0.2, 0.25) is 0 Å². The molecule has 10 heavy (non-hydrogen) atoms. The monoisotopic (exact) mass is 142 g/mol. The van der Waals surface area contributed by atoms with Gasteiger partial charge in [0.05, 0.1) is 6.10 Å². The van der Waals surface area contributed by atoms with E-state index in [9.17, 15) is 0 Å². The molecule has 1 N–H and O–H groups in total. The Labute approximate surface area is 62.8 Å². The van der Waals surface area contributed by atoms with Crippen molar-refractivity contribution in [2.24, 2.45) is 0 Å². The quantitative estimate of drug-likeness (QED) is 0.612. The number of hydrogen-bond acceptors (Lipinski definition) is 2. The lowest BCUT2D eigenvalue weighted by molar-refractivity contribution is 0.130. The lowest BCUT2D eigenvalue weighted by Gasteiger charge is -2.27. The maximum Gasteiger partial charge on any atom is 0.0668 e. The third-order valence-corrected chi connectivity index (χ3v) is 1.92. The zero-order valence-corrected chi connectivity index (χ0v) is 6.42. The predicted molar refractivity (Wildman–Crippen MR) is 41.7 cm³/mol. The summed E-state index contributed by atoms with van der Waals surface area (Å²) in [6, 6.07) is 0. The molecule has 1 fully saturated rings. The molecular formula is C8H16NO. The van der Waals surface area contributed by atoms with E-state index >= 15 is 0 Å². The highest BCUT2D eigenvalue weighted by atomic mass is 16.3. The van der Waals surface area contributed by atoms with Crippen molar-refractivity contribution in [2.75, 3.05) is 19.6 Å². The zero-order valence-electron chi connectivity index (χ0n) is 6.42. The topological polar surface area (TPSA) is 23.5 Å². The Kier molecular flexibility index (Phi) is 3.16. The Hall–Kier alpha value is -0.0800. The van der Waals surface area contributed by atoms with Gasteiger partial charge in [-0.2, -0.15) is 0 Å². The van der Waals surface area contributed by atoms with E-state index in [0.29, 0.717) is 0 Å². The van der Waals surface area contributed by atoms with Crippen LogP contribution in [0.3, 0.4) is 0 Å². The first-order valence-electron chi connectivity index (χ1n) is 4.02. The van der Waals surface area contributed by atoms with E-state index in [4.69, 9.17) is 5.11 Å². The van der Waals surface area contributed by atoms with Gasteiger partial charge >= 0.3 is 0 Å². The molecule has 2 heteroatoms. The van der Waals surface area contributed by atoms with Gasteiger partial charge in [0.1, 0.15) is 0 Å². The maximum absolute atomic E-state index is 8.95. The fourth-order valence-corrected chi connectivity index (χ4v) is 1.44. The highest BCUT2D eigenvalue weighted by Crippen LogP contribution is 2.08. The normalized spacial score (nSPS) is 24.6. The minimum atomic E-state index is -0.405. The lowest BCUT2D eigenvalue weighted by Crippen LogP contribution is -2.35. The highest BCUT2D eigenvalue weighted by molar-refractivity contribution is 4.69. The Morgan fingerprint density at radius 2 is 1.90 bits per heavy atom. The first kappa shape index (κ1) is 8.02. The number of β-amino-alcohol motifs (C(OH)–C–C–N with tert-alkyl or cyclic N) is 1. The van der Waals surface area contributed by atoms with Gasteiger partial charge in [-0.15, -0.1) is 0 Å². The van der Waals surface area contributed by atoms with Crippen LogP contribution in [-0.4, -0.2) is 35.7 Å². The molecule has 0 bridgehead atoms. The summed E-state index contributed by atoms with van der Waals surface area (Å²) in [7, 11) is 0. The van der Waals surface area contributed by atoms with Gasteiger partial charge in [-0.05, 0) is 32.9 Å². The van der Waals surface area contributed by atoms with Crippen LogP contribution in [-0.2, 0) is 0 Å². The second kappa shape index (κ2) is 3.94. The van der Waals surface area contributed by atoms with Crippen molar-refractivity contribution in [2.45, 2.75) is 25.4 Å². The summed E-state index contributed by atoms with van der Waals surface area (Å²) in [5.41, 5.74) is 0. The van der Waals surface area contributed by atoms with Crippen molar-refractivity contribution >= 4 is 0 Å². The van der Waals surface area contributed by atoms with E-state index in [2.05, 4.69) is 11.8 Å². The number of hydrogen-bond donors (Lipinski definition) is 1. The minimum Gasteiger partial charge on any atom is -0.392 e. The fraction of sp³-hybridized carbons (Fsp3) is 0.875.